The fraction of sp³-hybridized carbons (Fsp3) is 0.533. The zero-order valence-corrected chi connectivity index (χ0v) is 12.3. The summed E-state index contributed by atoms with van der Waals surface area (Å²) in [4.78, 5) is 15.8. The van der Waals surface area contributed by atoms with E-state index in [0.717, 1.165) is 26.2 Å². The van der Waals surface area contributed by atoms with Crippen LogP contribution in [0.4, 0.5) is 4.39 Å². The van der Waals surface area contributed by atoms with Gasteiger partial charge in [-0.1, -0.05) is 12.1 Å². The van der Waals surface area contributed by atoms with Crippen LogP contribution in [-0.2, 0) is 4.79 Å². The van der Waals surface area contributed by atoms with Gasteiger partial charge in [0.25, 0.3) is 0 Å². The van der Waals surface area contributed by atoms with E-state index in [4.69, 9.17) is 4.74 Å². The fourth-order valence-corrected chi connectivity index (χ4v) is 2.20. The molecule has 1 amide bonds. The Kier molecular flexibility index (Phi) is 5.95. The van der Waals surface area contributed by atoms with E-state index in [1.165, 1.54) is 6.07 Å². The maximum atomic E-state index is 13.4. The zero-order valence-electron chi connectivity index (χ0n) is 12.3. The highest BCUT2D eigenvalue weighted by atomic mass is 19.1. The van der Waals surface area contributed by atoms with E-state index in [0.29, 0.717) is 19.7 Å². The zero-order chi connectivity index (χ0) is 15.1. The Morgan fingerprint density at radius 1 is 1.38 bits per heavy atom. The summed E-state index contributed by atoms with van der Waals surface area (Å²) < 4.78 is 18.7. The molecule has 1 heterocycles. The van der Waals surface area contributed by atoms with Gasteiger partial charge in [0.15, 0.2) is 11.6 Å². The molecule has 0 saturated carbocycles. The molecule has 0 atom stereocenters. The third kappa shape index (κ3) is 4.99. The van der Waals surface area contributed by atoms with E-state index in [1.54, 1.807) is 18.2 Å². The van der Waals surface area contributed by atoms with Crippen molar-refractivity contribution in [1.82, 2.24) is 15.1 Å². The quantitative estimate of drug-likeness (QED) is 0.833. The molecule has 1 N–H and O–H groups in total. The Labute approximate surface area is 124 Å². The second kappa shape index (κ2) is 7.95. The van der Waals surface area contributed by atoms with Crippen LogP contribution in [0.15, 0.2) is 24.3 Å². The summed E-state index contributed by atoms with van der Waals surface area (Å²) in [7, 11) is 1.87. The number of nitrogens with zero attached hydrogens (tertiary/aromatic N) is 2. The minimum absolute atomic E-state index is 0.130. The highest BCUT2D eigenvalue weighted by Crippen LogP contribution is 2.14. The van der Waals surface area contributed by atoms with Crippen molar-refractivity contribution in [2.45, 2.75) is 0 Å². The van der Waals surface area contributed by atoms with Crippen LogP contribution in [0.2, 0.25) is 0 Å². The molecule has 0 aromatic heterocycles. The van der Waals surface area contributed by atoms with Crippen LogP contribution in [-0.4, -0.2) is 68.6 Å². The van der Waals surface area contributed by atoms with Gasteiger partial charge in [0, 0.05) is 32.7 Å². The first-order valence-corrected chi connectivity index (χ1v) is 7.21. The summed E-state index contributed by atoms with van der Waals surface area (Å²) >= 11 is 0. The molecule has 2 rings (SSSR count). The molecule has 1 saturated heterocycles. The summed E-state index contributed by atoms with van der Waals surface area (Å²) in [5.74, 6) is 0.0151. The summed E-state index contributed by atoms with van der Waals surface area (Å²) in [6.45, 7) is 4.52. The molecule has 6 heteroatoms. The number of likely N-dealkylation sites (N-methyl/N-ethyl adjacent to an activating group) is 1. The predicted octanol–water partition coefficient (Wildman–Crippen LogP) is 0.568. The lowest BCUT2D eigenvalue weighted by molar-refractivity contribution is -0.132. The number of nitrogens with one attached hydrogen (secondary N) is 1. The Bertz CT molecular complexity index is 464. The Balaban J connectivity index is 1.68. The van der Waals surface area contributed by atoms with Gasteiger partial charge in [-0.15, -0.1) is 0 Å². The van der Waals surface area contributed by atoms with Gasteiger partial charge in [-0.3, -0.25) is 9.69 Å². The van der Waals surface area contributed by atoms with E-state index < -0.39 is 0 Å². The third-order valence-corrected chi connectivity index (χ3v) is 3.44. The summed E-state index contributed by atoms with van der Waals surface area (Å²) in [5.41, 5.74) is 0. The summed E-state index contributed by atoms with van der Waals surface area (Å²) in [6.07, 6.45) is 0. The molecule has 1 aliphatic heterocycles. The first-order valence-electron chi connectivity index (χ1n) is 7.21. The Morgan fingerprint density at radius 3 is 2.81 bits per heavy atom. The normalized spacial score (nSPS) is 15.3. The molecule has 1 aromatic carbocycles. The summed E-state index contributed by atoms with van der Waals surface area (Å²) in [5, 5.41) is 3.22. The van der Waals surface area contributed by atoms with Gasteiger partial charge >= 0.3 is 0 Å². The maximum Gasteiger partial charge on any atom is 0.236 e. The Hall–Kier alpha value is -1.66. The molecule has 1 aromatic rings. The van der Waals surface area contributed by atoms with E-state index in [-0.39, 0.29) is 17.5 Å². The standard InChI is InChI=1S/C15H22FN3O2/c1-18(12-15(20)19-8-6-17-7-9-19)10-11-21-14-5-3-2-4-13(14)16/h2-5,17H,6-12H2,1H3. The van der Waals surface area contributed by atoms with Crippen molar-refractivity contribution in [2.75, 3.05) is 52.9 Å². The van der Waals surface area contributed by atoms with E-state index in [9.17, 15) is 9.18 Å². The van der Waals surface area contributed by atoms with E-state index >= 15 is 0 Å². The van der Waals surface area contributed by atoms with Crippen molar-refractivity contribution in [3.05, 3.63) is 30.1 Å². The van der Waals surface area contributed by atoms with Gasteiger partial charge in [-0.2, -0.15) is 0 Å². The lowest BCUT2D eigenvalue weighted by Gasteiger charge is -2.29. The van der Waals surface area contributed by atoms with Crippen molar-refractivity contribution in [2.24, 2.45) is 0 Å². The van der Waals surface area contributed by atoms with Gasteiger partial charge < -0.3 is 15.0 Å². The van der Waals surface area contributed by atoms with Crippen molar-refractivity contribution < 1.29 is 13.9 Å². The summed E-state index contributed by atoms with van der Waals surface area (Å²) in [6, 6.07) is 6.32. The van der Waals surface area contributed by atoms with Crippen molar-refractivity contribution in [3.63, 3.8) is 0 Å². The largest absolute Gasteiger partial charge is 0.489 e. The molecule has 0 radical (unpaired) electrons. The van der Waals surface area contributed by atoms with Crippen LogP contribution in [0.3, 0.4) is 0 Å². The van der Waals surface area contributed by atoms with Gasteiger partial charge in [-0.05, 0) is 19.2 Å². The van der Waals surface area contributed by atoms with Crippen LogP contribution in [0.5, 0.6) is 5.75 Å². The van der Waals surface area contributed by atoms with E-state index in [2.05, 4.69) is 5.32 Å². The number of benzene rings is 1. The first kappa shape index (κ1) is 15.7. The number of halogens is 1. The second-order valence-electron chi connectivity index (χ2n) is 5.15. The highest BCUT2D eigenvalue weighted by Gasteiger charge is 2.17. The van der Waals surface area contributed by atoms with Crippen molar-refractivity contribution in [3.8, 4) is 5.75 Å². The van der Waals surface area contributed by atoms with Crippen molar-refractivity contribution in [1.29, 1.82) is 0 Å². The third-order valence-electron chi connectivity index (χ3n) is 3.44. The maximum absolute atomic E-state index is 13.4. The minimum atomic E-state index is -0.364. The number of rotatable bonds is 6. The number of ether oxygens (including phenoxy) is 1. The molecular weight excluding hydrogens is 273 g/mol. The number of hydrogen-bond donors (Lipinski definition) is 1. The van der Waals surface area contributed by atoms with E-state index in [1.807, 2.05) is 16.8 Å². The topological polar surface area (TPSA) is 44.8 Å². The molecule has 1 aliphatic rings. The minimum Gasteiger partial charge on any atom is -0.489 e. The average Bonchev–Trinajstić information content (AvgIpc) is 2.50. The molecule has 21 heavy (non-hydrogen) atoms. The fourth-order valence-electron chi connectivity index (χ4n) is 2.20. The second-order valence-corrected chi connectivity index (χ2v) is 5.15. The molecule has 0 spiro atoms. The number of hydrogen-bond acceptors (Lipinski definition) is 4. The number of piperazine rings is 1. The first-order chi connectivity index (χ1) is 10.2. The molecule has 0 bridgehead atoms. The highest BCUT2D eigenvalue weighted by molar-refractivity contribution is 5.78. The lowest BCUT2D eigenvalue weighted by Crippen LogP contribution is -2.49. The van der Waals surface area contributed by atoms with Crippen LogP contribution >= 0.6 is 0 Å². The number of para-hydroxylation sites is 1. The average molecular weight is 295 g/mol. The van der Waals surface area contributed by atoms with Gasteiger partial charge in [0.1, 0.15) is 6.61 Å². The van der Waals surface area contributed by atoms with Crippen LogP contribution in [0.25, 0.3) is 0 Å². The molecule has 1 fully saturated rings. The van der Waals surface area contributed by atoms with Gasteiger partial charge in [-0.25, -0.2) is 4.39 Å². The monoisotopic (exact) mass is 295 g/mol. The van der Waals surface area contributed by atoms with Crippen LogP contribution < -0.4 is 10.1 Å². The van der Waals surface area contributed by atoms with Gasteiger partial charge in [0.05, 0.1) is 6.54 Å². The SMILES string of the molecule is CN(CCOc1ccccc1F)CC(=O)N1CCNCC1. The Morgan fingerprint density at radius 2 is 2.10 bits per heavy atom. The molecule has 5 nitrogen and oxygen atoms in total. The smallest absolute Gasteiger partial charge is 0.236 e. The molecular formula is C15H22FN3O2. The molecule has 116 valence electrons. The van der Waals surface area contributed by atoms with Crippen LogP contribution in [0.1, 0.15) is 0 Å². The van der Waals surface area contributed by atoms with Crippen molar-refractivity contribution >= 4 is 5.91 Å². The van der Waals surface area contributed by atoms with Crippen LogP contribution in [0, 0.1) is 5.82 Å². The number of carbonyl (C=O) groups excluding carboxylic acids is 1. The predicted molar refractivity (Wildman–Crippen MR) is 78.8 cm³/mol. The van der Waals surface area contributed by atoms with Gasteiger partial charge in [0.2, 0.25) is 5.91 Å². The number of amides is 1. The molecule has 0 aliphatic carbocycles. The number of carbonyl (C=O) groups is 1. The lowest BCUT2D eigenvalue weighted by atomic mass is 10.3. The molecule has 0 unspecified atom stereocenters.